The predicted molar refractivity (Wildman–Crippen MR) is 96.7 cm³/mol. The normalized spacial score (nSPS) is 16.6. The minimum absolute atomic E-state index is 0.0484. The number of likely N-dealkylation sites (tertiary alicyclic amines) is 1. The molecule has 1 fully saturated rings. The highest BCUT2D eigenvalue weighted by Gasteiger charge is 2.43. The summed E-state index contributed by atoms with van der Waals surface area (Å²) in [6, 6.07) is 6.14. The lowest BCUT2D eigenvalue weighted by molar-refractivity contribution is -0.140. The number of likely N-dealkylation sites (N-methyl/N-ethyl adjacent to an activating group) is 1. The molecule has 1 saturated heterocycles. The lowest BCUT2D eigenvalue weighted by atomic mass is 9.85. The molecule has 1 aliphatic heterocycles. The highest BCUT2D eigenvalue weighted by atomic mass is 19.1. The largest absolute Gasteiger partial charge is 0.371 e. The number of anilines is 1. The summed E-state index contributed by atoms with van der Waals surface area (Å²) in [6.45, 7) is 5.08. The maximum absolute atomic E-state index is 13.5. The van der Waals surface area contributed by atoms with Crippen LogP contribution < -0.4 is 5.32 Å². The smallest absolute Gasteiger partial charge is 0.247 e. The molecule has 0 aliphatic carbocycles. The van der Waals surface area contributed by atoms with Gasteiger partial charge in [0.2, 0.25) is 11.8 Å². The van der Waals surface area contributed by atoms with Crippen LogP contribution in [0.15, 0.2) is 24.3 Å². The molecule has 0 radical (unpaired) electrons. The minimum Gasteiger partial charge on any atom is -0.371 e. The van der Waals surface area contributed by atoms with Gasteiger partial charge in [-0.1, -0.05) is 19.9 Å². The van der Waals surface area contributed by atoms with Crippen LogP contribution in [0.4, 0.5) is 10.1 Å². The molecule has 0 atom stereocenters. The Hall–Kier alpha value is -2.11. The number of piperidine rings is 1. The Bertz CT molecular complexity index is 623. The molecule has 1 aromatic carbocycles. The molecular formula is C19H28FN3O2. The van der Waals surface area contributed by atoms with Gasteiger partial charge in [0.05, 0.1) is 0 Å². The van der Waals surface area contributed by atoms with E-state index in [9.17, 15) is 14.0 Å². The Morgan fingerprint density at radius 3 is 2.44 bits per heavy atom. The van der Waals surface area contributed by atoms with E-state index < -0.39 is 5.54 Å². The van der Waals surface area contributed by atoms with Crippen molar-refractivity contribution in [3.8, 4) is 0 Å². The Morgan fingerprint density at radius 2 is 1.92 bits per heavy atom. The Balaban J connectivity index is 2.16. The van der Waals surface area contributed by atoms with E-state index in [4.69, 9.17) is 0 Å². The van der Waals surface area contributed by atoms with E-state index in [-0.39, 0.29) is 17.6 Å². The second kappa shape index (κ2) is 7.85. The van der Waals surface area contributed by atoms with E-state index in [0.29, 0.717) is 44.0 Å². The van der Waals surface area contributed by atoms with Crippen molar-refractivity contribution in [2.45, 2.75) is 38.6 Å². The number of nitrogens with zero attached hydrogens (tertiary/aromatic N) is 2. The number of benzene rings is 1. The van der Waals surface area contributed by atoms with Gasteiger partial charge in [0, 0.05) is 39.3 Å². The third-order valence-electron chi connectivity index (χ3n) is 4.58. The fraction of sp³-hybridized carbons (Fsp3) is 0.579. The summed E-state index contributed by atoms with van der Waals surface area (Å²) in [7, 11) is 3.43. The number of amides is 2. The van der Waals surface area contributed by atoms with Crippen molar-refractivity contribution in [1.29, 1.82) is 0 Å². The molecule has 1 N–H and O–H groups in total. The van der Waals surface area contributed by atoms with E-state index in [1.54, 1.807) is 31.1 Å². The maximum atomic E-state index is 13.5. The van der Waals surface area contributed by atoms with Crippen molar-refractivity contribution >= 4 is 17.5 Å². The van der Waals surface area contributed by atoms with Gasteiger partial charge in [0.25, 0.3) is 0 Å². The molecule has 138 valence electrons. The van der Waals surface area contributed by atoms with Gasteiger partial charge in [-0.25, -0.2) is 4.39 Å². The van der Waals surface area contributed by atoms with Crippen molar-refractivity contribution in [2.75, 3.05) is 32.5 Å². The monoisotopic (exact) mass is 349 g/mol. The Kier molecular flexibility index (Phi) is 6.03. The SMILES string of the molecule is CC(C)CC(=O)N1CCC(Nc2cccc(F)c2)(C(=O)N(C)C)CC1. The molecule has 2 rings (SSSR count). The molecule has 5 nitrogen and oxygen atoms in total. The standard InChI is InChI=1S/C19H28FN3O2/c1-14(2)12-17(24)23-10-8-19(9-11-23,18(25)22(3)4)21-16-7-5-6-15(20)13-16/h5-7,13-14,21H,8-12H2,1-4H3. The van der Waals surface area contributed by atoms with Gasteiger partial charge >= 0.3 is 0 Å². The third kappa shape index (κ3) is 4.71. The number of halogens is 1. The predicted octanol–water partition coefficient (Wildman–Crippen LogP) is 2.73. The van der Waals surface area contributed by atoms with Crippen molar-refractivity contribution in [1.82, 2.24) is 9.80 Å². The van der Waals surface area contributed by atoms with Crippen LogP contribution in [0.2, 0.25) is 0 Å². The number of rotatable bonds is 5. The summed E-state index contributed by atoms with van der Waals surface area (Å²) < 4.78 is 13.5. The van der Waals surface area contributed by atoms with Crippen LogP contribution in [-0.2, 0) is 9.59 Å². The van der Waals surface area contributed by atoms with Crippen LogP contribution >= 0.6 is 0 Å². The first kappa shape index (κ1) is 19.2. The van der Waals surface area contributed by atoms with E-state index in [1.807, 2.05) is 18.7 Å². The summed E-state index contributed by atoms with van der Waals surface area (Å²) >= 11 is 0. The molecule has 1 aliphatic rings. The van der Waals surface area contributed by atoms with Gasteiger partial charge in [0.15, 0.2) is 0 Å². The summed E-state index contributed by atoms with van der Waals surface area (Å²) in [5, 5.41) is 3.25. The van der Waals surface area contributed by atoms with Crippen LogP contribution in [0.5, 0.6) is 0 Å². The number of nitrogens with one attached hydrogen (secondary N) is 1. The molecule has 0 bridgehead atoms. The second-order valence-electron chi connectivity index (χ2n) is 7.40. The van der Waals surface area contributed by atoms with Gasteiger partial charge in [-0.3, -0.25) is 9.59 Å². The Labute approximate surface area is 149 Å². The van der Waals surface area contributed by atoms with Gasteiger partial charge in [-0.2, -0.15) is 0 Å². The Morgan fingerprint density at radius 1 is 1.28 bits per heavy atom. The van der Waals surface area contributed by atoms with Crippen molar-refractivity contribution in [2.24, 2.45) is 5.92 Å². The first-order valence-electron chi connectivity index (χ1n) is 8.77. The zero-order valence-corrected chi connectivity index (χ0v) is 15.5. The summed E-state index contributed by atoms with van der Waals surface area (Å²) in [5.74, 6) is 0.0504. The summed E-state index contributed by atoms with van der Waals surface area (Å²) in [5.41, 5.74) is -0.233. The molecule has 1 aromatic rings. The number of hydrogen-bond acceptors (Lipinski definition) is 3. The van der Waals surface area contributed by atoms with E-state index in [0.717, 1.165) is 0 Å². The van der Waals surface area contributed by atoms with Gasteiger partial charge in [-0.05, 0) is 37.0 Å². The van der Waals surface area contributed by atoms with Crippen LogP contribution in [0.25, 0.3) is 0 Å². The highest BCUT2D eigenvalue weighted by Crippen LogP contribution is 2.29. The average molecular weight is 349 g/mol. The zero-order valence-electron chi connectivity index (χ0n) is 15.5. The van der Waals surface area contributed by atoms with Gasteiger partial charge < -0.3 is 15.1 Å². The molecule has 6 heteroatoms. The molecular weight excluding hydrogens is 321 g/mol. The zero-order chi connectivity index (χ0) is 18.6. The lowest BCUT2D eigenvalue weighted by Crippen LogP contribution is -2.58. The number of hydrogen-bond donors (Lipinski definition) is 1. The van der Waals surface area contributed by atoms with Gasteiger partial charge in [-0.15, -0.1) is 0 Å². The van der Waals surface area contributed by atoms with E-state index in [1.165, 1.54) is 12.1 Å². The molecule has 0 unspecified atom stereocenters. The molecule has 25 heavy (non-hydrogen) atoms. The van der Waals surface area contributed by atoms with Crippen LogP contribution in [0.3, 0.4) is 0 Å². The molecule has 0 aromatic heterocycles. The van der Waals surface area contributed by atoms with E-state index >= 15 is 0 Å². The summed E-state index contributed by atoms with van der Waals surface area (Å²) in [4.78, 5) is 28.5. The number of carbonyl (C=O) groups excluding carboxylic acids is 2. The van der Waals surface area contributed by atoms with Crippen LogP contribution in [-0.4, -0.2) is 54.3 Å². The van der Waals surface area contributed by atoms with Gasteiger partial charge in [0.1, 0.15) is 11.4 Å². The van der Waals surface area contributed by atoms with Crippen molar-refractivity contribution < 1.29 is 14.0 Å². The minimum atomic E-state index is -0.814. The van der Waals surface area contributed by atoms with Crippen LogP contribution in [0, 0.1) is 11.7 Å². The average Bonchev–Trinajstić information content (AvgIpc) is 2.54. The molecule has 2 amide bonds. The quantitative estimate of drug-likeness (QED) is 0.889. The fourth-order valence-corrected chi connectivity index (χ4v) is 3.28. The lowest BCUT2D eigenvalue weighted by Gasteiger charge is -2.43. The highest BCUT2D eigenvalue weighted by molar-refractivity contribution is 5.89. The second-order valence-corrected chi connectivity index (χ2v) is 7.40. The maximum Gasteiger partial charge on any atom is 0.247 e. The first-order valence-corrected chi connectivity index (χ1v) is 8.77. The van der Waals surface area contributed by atoms with Crippen molar-refractivity contribution in [3.63, 3.8) is 0 Å². The van der Waals surface area contributed by atoms with E-state index in [2.05, 4.69) is 5.32 Å². The summed E-state index contributed by atoms with van der Waals surface area (Å²) in [6.07, 6.45) is 1.53. The van der Waals surface area contributed by atoms with Crippen LogP contribution in [0.1, 0.15) is 33.1 Å². The first-order chi connectivity index (χ1) is 11.7. The molecule has 0 spiro atoms. The third-order valence-corrected chi connectivity index (χ3v) is 4.58. The topological polar surface area (TPSA) is 52.7 Å². The van der Waals surface area contributed by atoms with Crippen molar-refractivity contribution in [3.05, 3.63) is 30.1 Å². The molecule has 1 heterocycles. The number of carbonyl (C=O) groups is 2. The molecule has 0 saturated carbocycles. The fourth-order valence-electron chi connectivity index (χ4n) is 3.28.